The predicted octanol–water partition coefficient (Wildman–Crippen LogP) is 0.831. The molecule has 5 N–H and O–H groups in total. The number of allylic oxidation sites excluding steroid dienone is 1. The number of ketones is 1. The van der Waals surface area contributed by atoms with Gasteiger partial charge >= 0.3 is 17.9 Å². The molecule has 18 nitrogen and oxygen atoms in total. The van der Waals surface area contributed by atoms with Crippen LogP contribution >= 0.6 is 0 Å². The van der Waals surface area contributed by atoms with Gasteiger partial charge < -0.3 is 40.7 Å². The van der Waals surface area contributed by atoms with Gasteiger partial charge in [0, 0.05) is 24.9 Å². The first kappa shape index (κ1) is 44.7. The summed E-state index contributed by atoms with van der Waals surface area (Å²) in [6.07, 6.45) is 8.21. The highest BCUT2D eigenvalue weighted by atomic mass is 16.5. The molecule has 1 aromatic heterocycles. The molecule has 1 saturated carbocycles. The van der Waals surface area contributed by atoms with Crippen LogP contribution in [0.15, 0.2) is 30.6 Å². The van der Waals surface area contributed by atoms with E-state index in [2.05, 4.69) is 31.0 Å². The van der Waals surface area contributed by atoms with Gasteiger partial charge in [-0.25, -0.2) is 14.4 Å². The highest BCUT2D eigenvalue weighted by molar-refractivity contribution is 6.06. The molecule has 2 heterocycles. The fraction of sp³-hybridized carbons (Fsp3) is 0.579. The number of methoxy groups -OCH3 is 2. The Labute approximate surface area is 324 Å². The summed E-state index contributed by atoms with van der Waals surface area (Å²) in [4.78, 5) is 122. The molecule has 1 aliphatic carbocycles. The standard InChI is InChI=1S/C38H52N6O12/c1-21(37(54)56-6)40-34(50)29(22-12-8-7-9-13-22)42-33(49)27-18-23(45)20-44(27)35(51)30(38(2,3)4)43-32(48)26(14-10-11-15-28(46)55-5)41-31(47)24-16-17-39-19-25(24)36(52)53/h11,15-17,19,21-22,26-27,29-30H,7-10,12-14,18,20H2,1-6H3,(H,40,50)(H,41,47)(H,42,49)(H,43,48)(H,52,53)/b15-11+/t21-,26-,27-,29-,30+/m0/s1. The summed E-state index contributed by atoms with van der Waals surface area (Å²) >= 11 is 0. The lowest BCUT2D eigenvalue weighted by Crippen LogP contribution is -2.61. The van der Waals surface area contributed by atoms with Crippen molar-refractivity contribution in [1.29, 1.82) is 0 Å². The Bertz CT molecular complexity index is 1700. The van der Waals surface area contributed by atoms with Crippen molar-refractivity contribution >= 4 is 53.2 Å². The molecule has 1 aliphatic heterocycles. The maximum absolute atomic E-state index is 14.3. The number of esters is 2. The summed E-state index contributed by atoms with van der Waals surface area (Å²) in [5.41, 5.74) is -1.71. The second-order valence-corrected chi connectivity index (χ2v) is 14.9. The van der Waals surface area contributed by atoms with Crippen LogP contribution in [-0.4, -0.2) is 119 Å². The second kappa shape index (κ2) is 20.3. The van der Waals surface area contributed by atoms with E-state index in [4.69, 9.17) is 4.74 Å². The Kier molecular flexibility index (Phi) is 16.2. The number of carbonyl (C=O) groups excluding carboxylic acids is 8. The smallest absolute Gasteiger partial charge is 0.338 e. The number of ether oxygens (including phenoxy) is 2. The average Bonchev–Trinajstić information content (AvgIpc) is 3.57. The van der Waals surface area contributed by atoms with E-state index in [9.17, 15) is 48.3 Å². The summed E-state index contributed by atoms with van der Waals surface area (Å²) in [5.74, 6) is -7.35. The number of amides is 5. The van der Waals surface area contributed by atoms with Crippen LogP contribution in [0.2, 0.25) is 0 Å². The minimum atomic E-state index is -1.43. The Morgan fingerprint density at radius 1 is 0.946 bits per heavy atom. The largest absolute Gasteiger partial charge is 0.478 e. The fourth-order valence-corrected chi connectivity index (χ4v) is 6.65. The zero-order chi connectivity index (χ0) is 41.7. The van der Waals surface area contributed by atoms with E-state index in [0.717, 1.165) is 36.4 Å². The highest BCUT2D eigenvalue weighted by Gasteiger charge is 2.46. The normalized spacial score (nSPS) is 18.2. The van der Waals surface area contributed by atoms with Gasteiger partial charge in [0.15, 0.2) is 5.78 Å². The highest BCUT2D eigenvalue weighted by Crippen LogP contribution is 2.29. The summed E-state index contributed by atoms with van der Waals surface area (Å²) in [7, 11) is 2.37. The topological polar surface area (TPSA) is 257 Å². The average molecular weight is 785 g/mol. The third-order valence-electron chi connectivity index (χ3n) is 9.74. The molecule has 2 fully saturated rings. The minimum absolute atomic E-state index is 0.0702. The Balaban J connectivity index is 1.89. The second-order valence-electron chi connectivity index (χ2n) is 14.9. The van der Waals surface area contributed by atoms with Crippen molar-refractivity contribution < 1.29 is 57.7 Å². The lowest BCUT2D eigenvalue weighted by Gasteiger charge is -2.36. The number of hydrogen-bond donors (Lipinski definition) is 5. The molecule has 2 aliphatic rings. The molecule has 0 aromatic carbocycles. The number of Topliss-reactive ketones (excluding diaryl/α,β-unsaturated/α-hetero) is 1. The first-order valence-corrected chi connectivity index (χ1v) is 18.4. The number of nitrogens with one attached hydrogen (secondary N) is 4. The molecule has 18 heteroatoms. The number of carbonyl (C=O) groups is 9. The molecule has 1 saturated heterocycles. The Morgan fingerprint density at radius 3 is 2.23 bits per heavy atom. The van der Waals surface area contributed by atoms with Gasteiger partial charge in [-0.2, -0.15) is 0 Å². The van der Waals surface area contributed by atoms with E-state index >= 15 is 0 Å². The van der Waals surface area contributed by atoms with Crippen LogP contribution in [0.1, 0.15) is 99.8 Å². The van der Waals surface area contributed by atoms with Crippen LogP contribution in [0.25, 0.3) is 0 Å². The molecular weight excluding hydrogens is 732 g/mol. The zero-order valence-electron chi connectivity index (χ0n) is 32.5. The SMILES string of the molecule is COC(=O)/C=C/CC[C@H](NC(=O)c1ccncc1C(=O)O)C(=O)N[C@H](C(=O)N1CC(=O)C[C@H]1C(=O)N[C@H](C(=O)N[C@@H](C)C(=O)OC)C1CCCCC1)C(C)(C)C. The number of nitrogens with zero attached hydrogens (tertiary/aromatic N) is 2. The third kappa shape index (κ3) is 12.2. The van der Waals surface area contributed by atoms with Gasteiger partial charge in [0.05, 0.1) is 31.9 Å². The summed E-state index contributed by atoms with van der Waals surface area (Å²) < 4.78 is 9.30. The molecule has 0 unspecified atom stereocenters. The molecule has 56 heavy (non-hydrogen) atoms. The number of carboxylic acids is 1. The van der Waals surface area contributed by atoms with Gasteiger partial charge in [0.25, 0.3) is 5.91 Å². The number of rotatable bonds is 16. The number of aromatic nitrogens is 1. The van der Waals surface area contributed by atoms with E-state index in [1.54, 1.807) is 20.8 Å². The molecule has 0 bridgehead atoms. The molecule has 0 radical (unpaired) electrons. The van der Waals surface area contributed by atoms with Crippen molar-refractivity contribution in [2.24, 2.45) is 11.3 Å². The summed E-state index contributed by atoms with van der Waals surface area (Å²) in [5, 5.41) is 20.1. The van der Waals surface area contributed by atoms with Gasteiger partial charge in [-0.3, -0.25) is 33.8 Å². The number of likely N-dealkylation sites (tertiary alicyclic amines) is 1. The van der Waals surface area contributed by atoms with Gasteiger partial charge in [0.2, 0.25) is 23.6 Å². The van der Waals surface area contributed by atoms with Crippen molar-refractivity contribution in [1.82, 2.24) is 31.2 Å². The van der Waals surface area contributed by atoms with Gasteiger partial charge in [-0.05, 0) is 50.0 Å². The van der Waals surface area contributed by atoms with Crippen LogP contribution in [0.4, 0.5) is 0 Å². The fourth-order valence-electron chi connectivity index (χ4n) is 6.65. The third-order valence-corrected chi connectivity index (χ3v) is 9.74. The van der Waals surface area contributed by atoms with E-state index < -0.39 is 101 Å². The lowest BCUT2D eigenvalue weighted by molar-refractivity contribution is -0.146. The molecule has 3 rings (SSSR count). The molecule has 306 valence electrons. The zero-order valence-corrected chi connectivity index (χ0v) is 32.5. The van der Waals surface area contributed by atoms with Crippen LogP contribution in [0.3, 0.4) is 0 Å². The number of pyridine rings is 1. The van der Waals surface area contributed by atoms with Crippen molar-refractivity contribution in [2.45, 2.75) is 109 Å². The monoisotopic (exact) mass is 784 g/mol. The van der Waals surface area contributed by atoms with Gasteiger partial charge in [-0.1, -0.05) is 46.1 Å². The number of aromatic carboxylic acids is 1. The van der Waals surface area contributed by atoms with Gasteiger partial charge in [0.1, 0.15) is 30.2 Å². The molecule has 5 amide bonds. The van der Waals surface area contributed by atoms with E-state index in [-0.39, 0.29) is 30.7 Å². The minimum Gasteiger partial charge on any atom is -0.478 e. The van der Waals surface area contributed by atoms with Crippen molar-refractivity contribution in [3.8, 4) is 0 Å². The Morgan fingerprint density at radius 2 is 1.62 bits per heavy atom. The van der Waals surface area contributed by atoms with Crippen molar-refractivity contribution in [2.75, 3.05) is 20.8 Å². The number of hydrogen-bond acceptors (Lipinski definition) is 12. The maximum Gasteiger partial charge on any atom is 0.338 e. The van der Waals surface area contributed by atoms with Crippen LogP contribution in [0, 0.1) is 11.3 Å². The van der Waals surface area contributed by atoms with Crippen LogP contribution in [0.5, 0.6) is 0 Å². The molecule has 0 spiro atoms. The van der Waals surface area contributed by atoms with Crippen LogP contribution < -0.4 is 21.3 Å². The van der Waals surface area contributed by atoms with Gasteiger partial charge in [-0.15, -0.1) is 0 Å². The maximum atomic E-state index is 14.3. The van der Waals surface area contributed by atoms with E-state index in [0.29, 0.717) is 12.8 Å². The van der Waals surface area contributed by atoms with Crippen molar-refractivity contribution in [3.05, 3.63) is 41.7 Å². The predicted molar refractivity (Wildman–Crippen MR) is 197 cm³/mol. The molecule has 5 atom stereocenters. The summed E-state index contributed by atoms with van der Waals surface area (Å²) in [6, 6.07) is -4.94. The molecule has 1 aromatic rings. The lowest BCUT2D eigenvalue weighted by atomic mass is 9.83. The summed E-state index contributed by atoms with van der Waals surface area (Å²) in [6.45, 7) is 5.95. The van der Waals surface area contributed by atoms with E-state index in [1.807, 2.05) is 0 Å². The quantitative estimate of drug-likeness (QED) is 0.115. The first-order valence-electron chi connectivity index (χ1n) is 18.4. The molecular formula is C38H52N6O12. The number of carboxylic acid groups (broad SMARTS) is 1. The van der Waals surface area contributed by atoms with Crippen molar-refractivity contribution in [3.63, 3.8) is 0 Å². The Hall–Kier alpha value is -5.68. The van der Waals surface area contributed by atoms with E-state index in [1.165, 1.54) is 39.5 Å². The van der Waals surface area contributed by atoms with Crippen LogP contribution in [-0.2, 0) is 43.0 Å². The first-order chi connectivity index (χ1) is 26.4.